The number of aromatic nitrogens is 1. The summed E-state index contributed by atoms with van der Waals surface area (Å²) >= 11 is 0. The molecule has 0 bridgehead atoms. The van der Waals surface area contributed by atoms with E-state index in [1.807, 2.05) is 36.4 Å². The van der Waals surface area contributed by atoms with Crippen molar-refractivity contribution in [3.8, 4) is 34.0 Å². The van der Waals surface area contributed by atoms with E-state index in [4.69, 9.17) is 18.2 Å². The summed E-state index contributed by atoms with van der Waals surface area (Å²) in [5.41, 5.74) is 10.4. The molecule has 1 aliphatic carbocycles. The molecule has 3 aromatic heterocycles. The van der Waals surface area contributed by atoms with Gasteiger partial charge in [0.2, 0.25) is 5.89 Å². The van der Waals surface area contributed by atoms with Gasteiger partial charge >= 0.3 is 0 Å². The van der Waals surface area contributed by atoms with Crippen LogP contribution in [0.5, 0.6) is 0 Å². The second kappa shape index (κ2) is 9.47. The number of nitrogens with zero attached hydrogens (tertiary/aromatic N) is 2. The van der Waals surface area contributed by atoms with Gasteiger partial charge in [0.05, 0.1) is 0 Å². The Kier molecular flexibility index (Phi) is 5.05. The first-order valence-electron chi connectivity index (χ1n) is 16.0. The number of furan rings is 2. The molecule has 5 nitrogen and oxygen atoms in total. The molecule has 224 valence electrons. The summed E-state index contributed by atoms with van der Waals surface area (Å²) in [5, 5.41) is 6.80. The van der Waals surface area contributed by atoms with Crippen LogP contribution in [0.1, 0.15) is 0 Å². The lowest BCUT2D eigenvalue weighted by atomic mass is 10.0. The maximum absolute atomic E-state index is 6.46. The molecule has 0 atom stereocenters. The summed E-state index contributed by atoms with van der Waals surface area (Å²) in [7, 11) is 0. The lowest BCUT2D eigenvalue weighted by Gasteiger charge is -2.25. The Balaban J connectivity index is 1.04. The van der Waals surface area contributed by atoms with Crippen LogP contribution < -0.4 is 4.90 Å². The summed E-state index contributed by atoms with van der Waals surface area (Å²) in [5.74, 6) is 1.44. The summed E-state index contributed by atoms with van der Waals surface area (Å²) in [6, 6.07) is 50.2. The lowest BCUT2D eigenvalue weighted by Crippen LogP contribution is -2.09. The largest absolute Gasteiger partial charge is 0.456 e. The van der Waals surface area contributed by atoms with Crippen LogP contribution in [0.4, 0.5) is 17.1 Å². The average molecular weight is 617 g/mol. The van der Waals surface area contributed by atoms with E-state index in [1.54, 1.807) is 0 Å². The van der Waals surface area contributed by atoms with Gasteiger partial charge in [0, 0.05) is 72.8 Å². The summed E-state index contributed by atoms with van der Waals surface area (Å²) in [6.07, 6.45) is 0. The zero-order valence-electron chi connectivity index (χ0n) is 25.5. The van der Waals surface area contributed by atoms with E-state index in [0.717, 1.165) is 89.1 Å². The third-order valence-corrected chi connectivity index (χ3v) is 9.65. The highest BCUT2D eigenvalue weighted by Gasteiger charge is 2.28. The second-order valence-electron chi connectivity index (χ2n) is 12.3. The van der Waals surface area contributed by atoms with E-state index in [9.17, 15) is 0 Å². The van der Waals surface area contributed by atoms with Crippen molar-refractivity contribution in [3.05, 3.63) is 146 Å². The van der Waals surface area contributed by atoms with E-state index in [2.05, 4.69) is 114 Å². The monoisotopic (exact) mass is 616 g/mol. The highest BCUT2D eigenvalue weighted by atomic mass is 16.4. The van der Waals surface area contributed by atoms with Crippen molar-refractivity contribution >= 4 is 71.7 Å². The molecule has 0 saturated carbocycles. The first-order chi connectivity index (χ1) is 23.8. The van der Waals surface area contributed by atoms with Crippen molar-refractivity contribution in [3.63, 3.8) is 0 Å². The first kappa shape index (κ1) is 25.6. The van der Waals surface area contributed by atoms with Gasteiger partial charge < -0.3 is 18.2 Å². The van der Waals surface area contributed by atoms with Gasteiger partial charge in [-0.2, -0.15) is 0 Å². The minimum Gasteiger partial charge on any atom is -0.456 e. The number of benzene rings is 7. The highest BCUT2D eigenvalue weighted by molar-refractivity contribution is 6.13. The molecule has 7 aromatic carbocycles. The van der Waals surface area contributed by atoms with Gasteiger partial charge in [-0.25, -0.2) is 4.98 Å². The van der Waals surface area contributed by atoms with Crippen molar-refractivity contribution in [2.75, 3.05) is 4.90 Å². The van der Waals surface area contributed by atoms with Crippen molar-refractivity contribution in [1.82, 2.24) is 4.98 Å². The van der Waals surface area contributed by atoms with Gasteiger partial charge in [0.25, 0.3) is 0 Å². The van der Waals surface area contributed by atoms with Crippen LogP contribution >= 0.6 is 0 Å². The molecule has 3 heterocycles. The van der Waals surface area contributed by atoms with Gasteiger partial charge in [-0.1, -0.05) is 72.8 Å². The van der Waals surface area contributed by atoms with E-state index < -0.39 is 0 Å². The molecular weight excluding hydrogens is 592 g/mol. The highest BCUT2D eigenvalue weighted by Crippen LogP contribution is 2.48. The van der Waals surface area contributed by atoms with Gasteiger partial charge in [0.15, 0.2) is 5.76 Å². The third kappa shape index (κ3) is 3.58. The number of hydrogen-bond acceptors (Lipinski definition) is 5. The van der Waals surface area contributed by atoms with E-state index >= 15 is 0 Å². The molecular formula is C43H24N2O3. The molecule has 48 heavy (non-hydrogen) atoms. The number of para-hydroxylation sites is 2. The normalized spacial score (nSPS) is 12.2. The molecule has 10 aromatic rings. The van der Waals surface area contributed by atoms with Gasteiger partial charge in [-0.15, -0.1) is 0 Å². The zero-order chi connectivity index (χ0) is 31.3. The van der Waals surface area contributed by atoms with Gasteiger partial charge in [-0.05, 0) is 66.0 Å². The van der Waals surface area contributed by atoms with E-state index in [0.29, 0.717) is 5.89 Å². The molecule has 0 spiro atoms. The maximum Gasteiger partial charge on any atom is 0.227 e. The predicted octanol–water partition coefficient (Wildman–Crippen LogP) is 12.4. The summed E-state index contributed by atoms with van der Waals surface area (Å²) in [4.78, 5) is 7.23. The second-order valence-corrected chi connectivity index (χ2v) is 12.3. The smallest absolute Gasteiger partial charge is 0.227 e. The first-order valence-corrected chi connectivity index (χ1v) is 16.0. The van der Waals surface area contributed by atoms with Crippen LogP contribution in [-0.4, -0.2) is 4.98 Å². The Morgan fingerprint density at radius 2 is 1.00 bits per heavy atom. The average Bonchev–Trinajstić information content (AvgIpc) is 3.90. The zero-order valence-corrected chi connectivity index (χ0v) is 25.5. The van der Waals surface area contributed by atoms with Crippen LogP contribution in [0, 0.1) is 0 Å². The van der Waals surface area contributed by atoms with Crippen molar-refractivity contribution in [1.29, 1.82) is 0 Å². The SMILES string of the molecule is c1cc2c3c(cccc3c1)-c1oc(-c3ccc(N(c4ccc5c(c4)oc4ccccc45)c4ccc5c(c4)oc4ccccc45)cc3)nc1-2. The van der Waals surface area contributed by atoms with Crippen LogP contribution in [0.3, 0.4) is 0 Å². The molecule has 11 rings (SSSR count). The maximum atomic E-state index is 6.46. The number of anilines is 3. The fourth-order valence-electron chi connectivity index (χ4n) is 7.44. The molecule has 0 saturated heterocycles. The Morgan fingerprint density at radius 1 is 0.438 bits per heavy atom. The fraction of sp³-hybridized carbons (Fsp3) is 0. The number of hydrogen-bond donors (Lipinski definition) is 0. The Morgan fingerprint density at radius 3 is 1.65 bits per heavy atom. The third-order valence-electron chi connectivity index (χ3n) is 9.65. The summed E-state index contributed by atoms with van der Waals surface area (Å²) < 4.78 is 19.1. The molecule has 5 heteroatoms. The van der Waals surface area contributed by atoms with Crippen molar-refractivity contribution in [2.45, 2.75) is 0 Å². The minimum atomic E-state index is 0.608. The minimum absolute atomic E-state index is 0.608. The molecule has 1 aliphatic rings. The summed E-state index contributed by atoms with van der Waals surface area (Å²) in [6.45, 7) is 0. The van der Waals surface area contributed by atoms with Crippen LogP contribution in [0.15, 0.2) is 159 Å². The number of fused-ring (bicyclic) bond motifs is 9. The quantitative estimate of drug-likeness (QED) is 0.197. The van der Waals surface area contributed by atoms with Crippen LogP contribution in [0.2, 0.25) is 0 Å². The number of rotatable bonds is 4. The van der Waals surface area contributed by atoms with E-state index in [-0.39, 0.29) is 0 Å². The molecule has 0 fully saturated rings. The van der Waals surface area contributed by atoms with Crippen molar-refractivity contribution < 1.29 is 13.3 Å². The molecule has 0 radical (unpaired) electrons. The van der Waals surface area contributed by atoms with Crippen LogP contribution in [-0.2, 0) is 0 Å². The predicted molar refractivity (Wildman–Crippen MR) is 193 cm³/mol. The topological polar surface area (TPSA) is 55.6 Å². The fourth-order valence-corrected chi connectivity index (χ4v) is 7.44. The Hall–Kier alpha value is -6.59. The van der Waals surface area contributed by atoms with E-state index in [1.165, 1.54) is 10.8 Å². The Bertz CT molecular complexity index is 2740. The van der Waals surface area contributed by atoms with Gasteiger partial charge in [-0.3, -0.25) is 0 Å². The molecule has 0 N–H and O–H groups in total. The molecule has 0 unspecified atom stereocenters. The Labute approximate surface area is 273 Å². The van der Waals surface area contributed by atoms with Crippen molar-refractivity contribution in [2.24, 2.45) is 0 Å². The lowest BCUT2D eigenvalue weighted by molar-refractivity contribution is 0.590. The van der Waals surface area contributed by atoms with Crippen LogP contribution in [0.25, 0.3) is 88.7 Å². The standard InChI is InChI=1S/C43H24N2O3/c1-3-13-36-30(9-1)32-21-19-28(23-38(32)46-36)45(29-20-22-33-31-10-2-4-14-37(31)47-39(33)24-29)27-17-15-26(16-18-27)43-44-41-34-11-5-7-25-8-6-12-35(40(25)34)42(41)48-43/h1-24H. The van der Waals surface area contributed by atoms with Gasteiger partial charge in [0.1, 0.15) is 28.0 Å². The molecule has 0 amide bonds. The number of oxazole rings is 1. The molecule has 0 aliphatic heterocycles.